The molecule has 1 aromatic heterocycles. The second-order valence-corrected chi connectivity index (χ2v) is 6.46. The van der Waals surface area contributed by atoms with E-state index in [1.54, 1.807) is 18.2 Å². The molecule has 0 N–H and O–H groups in total. The number of hydrogen-bond donors (Lipinski definition) is 0. The molecule has 1 atom stereocenters. The van der Waals surface area contributed by atoms with Crippen LogP contribution in [0.5, 0.6) is 5.75 Å². The number of benzene rings is 1. The number of nitrogens with zero attached hydrogens (tertiary/aromatic N) is 2. The number of carbonyl (C=O) groups excluding carboxylic acids is 3. The summed E-state index contributed by atoms with van der Waals surface area (Å²) in [7, 11) is 1.42. The van der Waals surface area contributed by atoms with Crippen LogP contribution in [0.15, 0.2) is 18.2 Å². The second kappa shape index (κ2) is 5.15. The van der Waals surface area contributed by atoms with Crippen LogP contribution < -0.4 is 4.74 Å². The summed E-state index contributed by atoms with van der Waals surface area (Å²) in [5.41, 5.74) is 1.11. The van der Waals surface area contributed by atoms with Gasteiger partial charge in [-0.05, 0) is 18.4 Å². The molecule has 0 amide bonds. The van der Waals surface area contributed by atoms with Crippen LogP contribution in [0.2, 0.25) is 0 Å². The number of methoxy groups -OCH3 is 1. The van der Waals surface area contributed by atoms with E-state index in [0.29, 0.717) is 18.5 Å². The first-order valence-corrected chi connectivity index (χ1v) is 7.96. The zero-order chi connectivity index (χ0) is 17.9. The van der Waals surface area contributed by atoms with Gasteiger partial charge in [-0.25, -0.2) is 4.57 Å². The average Bonchev–Trinajstić information content (AvgIpc) is 2.93. The van der Waals surface area contributed by atoms with Crippen LogP contribution in [0.1, 0.15) is 61.4 Å². The van der Waals surface area contributed by atoms with E-state index in [0.717, 1.165) is 4.57 Å². The molecule has 1 unspecified atom stereocenters. The first-order chi connectivity index (χ1) is 12.0. The highest BCUT2D eigenvalue weighted by Gasteiger charge is 2.42. The van der Waals surface area contributed by atoms with Crippen LogP contribution in [-0.4, -0.2) is 29.0 Å². The van der Waals surface area contributed by atoms with E-state index in [1.165, 1.54) is 7.11 Å². The van der Waals surface area contributed by atoms with Gasteiger partial charge >= 0.3 is 0 Å². The molecule has 2 aromatic rings. The summed E-state index contributed by atoms with van der Waals surface area (Å²) in [4.78, 5) is 38.7. The SMILES string of the molecule is COc1cccc2c1C(=O)c1c(c3c(n1C#N)CC(C)CC3=O)C2=O. The monoisotopic (exact) mass is 334 g/mol. The van der Waals surface area contributed by atoms with Gasteiger partial charge in [0.05, 0.1) is 23.8 Å². The van der Waals surface area contributed by atoms with Gasteiger partial charge < -0.3 is 4.74 Å². The Morgan fingerprint density at radius 3 is 2.56 bits per heavy atom. The van der Waals surface area contributed by atoms with E-state index in [1.807, 2.05) is 13.1 Å². The zero-order valence-corrected chi connectivity index (χ0v) is 13.8. The van der Waals surface area contributed by atoms with Crippen molar-refractivity contribution in [2.45, 2.75) is 19.8 Å². The maximum atomic E-state index is 13.1. The van der Waals surface area contributed by atoms with Crippen molar-refractivity contribution in [2.75, 3.05) is 7.11 Å². The molecule has 1 heterocycles. The Kier molecular flexibility index (Phi) is 3.16. The molecule has 4 rings (SSSR count). The van der Waals surface area contributed by atoms with Crippen molar-refractivity contribution in [2.24, 2.45) is 5.92 Å². The van der Waals surface area contributed by atoms with Gasteiger partial charge in [0.2, 0.25) is 5.78 Å². The predicted molar refractivity (Wildman–Crippen MR) is 87.1 cm³/mol. The lowest BCUT2D eigenvalue weighted by Gasteiger charge is -2.19. The van der Waals surface area contributed by atoms with E-state index in [-0.39, 0.29) is 45.4 Å². The van der Waals surface area contributed by atoms with Gasteiger partial charge in [0.25, 0.3) is 0 Å². The van der Waals surface area contributed by atoms with Crippen LogP contribution in [0.3, 0.4) is 0 Å². The molecule has 0 saturated heterocycles. The van der Waals surface area contributed by atoms with Crippen molar-refractivity contribution in [1.82, 2.24) is 4.57 Å². The molecule has 0 bridgehead atoms. The first kappa shape index (κ1) is 15.3. The van der Waals surface area contributed by atoms with Crippen molar-refractivity contribution in [1.29, 1.82) is 5.26 Å². The van der Waals surface area contributed by atoms with Gasteiger partial charge in [-0.3, -0.25) is 14.4 Å². The Morgan fingerprint density at radius 2 is 1.88 bits per heavy atom. The Labute approximate surface area is 143 Å². The van der Waals surface area contributed by atoms with Crippen LogP contribution >= 0.6 is 0 Å². The minimum Gasteiger partial charge on any atom is -0.496 e. The molecule has 6 heteroatoms. The van der Waals surface area contributed by atoms with Crippen LogP contribution in [-0.2, 0) is 6.42 Å². The van der Waals surface area contributed by atoms with Gasteiger partial charge in [0.15, 0.2) is 17.8 Å². The number of fused-ring (bicyclic) bond motifs is 4. The standard InChI is InChI=1S/C19H14N2O4/c1-9-6-11-15(12(22)7-9)16-17(21(11)8-20)19(24)14-10(18(16)23)4-3-5-13(14)25-2/h3-5,9H,6-7H2,1-2H3. The topological polar surface area (TPSA) is 89.2 Å². The summed E-state index contributed by atoms with van der Waals surface area (Å²) < 4.78 is 6.39. The number of carbonyl (C=O) groups is 3. The third-order valence-electron chi connectivity index (χ3n) is 4.88. The summed E-state index contributed by atoms with van der Waals surface area (Å²) in [5, 5.41) is 9.60. The van der Waals surface area contributed by atoms with E-state index >= 15 is 0 Å². The second-order valence-electron chi connectivity index (χ2n) is 6.46. The minimum atomic E-state index is -0.460. The molecule has 2 aliphatic rings. The summed E-state index contributed by atoms with van der Waals surface area (Å²) in [6, 6.07) is 4.78. The average molecular weight is 334 g/mol. The lowest BCUT2D eigenvalue weighted by molar-refractivity contribution is 0.0938. The van der Waals surface area contributed by atoms with Crippen LogP contribution in [0.4, 0.5) is 0 Å². The molecule has 0 radical (unpaired) electrons. The Morgan fingerprint density at radius 1 is 1.12 bits per heavy atom. The van der Waals surface area contributed by atoms with Gasteiger partial charge in [0.1, 0.15) is 11.4 Å². The van der Waals surface area contributed by atoms with Crippen LogP contribution in [0.25, 0.3) is 0 Å². The van der Waals surface area contributed by atoms with E-state index in [9.17, 15) is 19.6 Å². The lowest BCUT2D eigenvalue weighted by atomic mass is 9.81. The molecular formula is C19H14N2O4. The smallest absolute Gasteiger partial charge is 0.215 e. The number of rotatable bonds is 1. The normalized spacial score (nSPS) is 18.3. The number of hydrogen-bond acceptors (Lipinski definition) is 5. The van der Waals surface area contributed by atoms with E-state index < -0.39 is 11.6 Å². The summed E-state index contributed by atoms with van der Waals surface area (Å²) in [5.74, 6) is -0.711. The number of Topliss-reactive ketones (excluding diaryl/α,β-unsaturated/α-hetero) is 1. The maximum absolute atomic E-state index is 13.1. The fourth-order valence-corrected chi connectivity index (χ4v) is 3.86. The number of nitriles is 1. The minimum absolute atomic E-state index is 0.0167. The number of ketones is 3. The molecule has 0 aliphatic heterocycles. The molecular weight excluding hydrogens is 320 g/mol. The van der Waals surface area contributed by atoms with Gasteiger partial charge in [0, 0.05) is 17.7 Å². The first-order valence-electron chi connectivity index (χ1n) is 7.96. The van der Waals surface area contributed by atoms with E-state index in [4.69, 9.17) is 4.74 Å². The third kappa shape index (κ3) is 1.86. The quantitative estimate of drug-likeness (QED) is 0.681. The third-order valence-corrected chi connectivity index (χ3v) is 4.88. The molecule has 6 nitrogen and oxygen atoms in total. The highest BCUT2D eigenvalue weighted by molar-refractivity contribution is 6.32. The molecule has 1 aromatic carbocycles. The lowest BCUT2D eigenvalue weighted by Crippen LogP contribution is -2.24. The molecule has 0 spiro atoms. The fraction of sp³-hybridized carbons (Fsp3) is 0.263. The molecule has 124 valence electrons. The van der Waals surface area contributed by atoms with Crippen molar-refractivity contribution in [3.63, 3.8) is 0 Å². The zero-order valence-electron chi connectivity index (χ0n) is 13.8. The predicted octanol–water partition coefficient (Wildman–Crippen LogP) is 2.37. The summed E-state index contributed by atoms with van der Waals surface area (Å²) in [6.07, 6.45) is 2.76. The van der Waals surface area contributed by atoms with Crippen molar-refractivity contribution in [3.8, 4) is 11.9 Å². The molecule has 2 aliphatic carbocycles. The molecule has 0 fully saturated rings. The van der Waals surface area contributed by atoms with E-state index in [2.05, 4.69) is 0 Å². The maximum Gasteiger partial charge on any atom is 0.215 e. The Bertz CT molecular complexity index is 1020. The van der Waals surface area contributed by atoms with Gasteiger partial charge in [-0.2, -0.15) is 5.26 Å². The highest BCUT2D eigenvalue weighted by Crippen LogP contribution is 2.40. The Hall–Kier alpha value is -3.20. The molecule has 0 saturated carbocycles. The highest BCUT2D eigenvalue weighted by atomic mass is 16.5. The fourth-order valence-electron chi connectivity index (χ4n) is 3.86. The number of ether oxygens (including phenoxy) is 1. The van der Waals surface area contributed by atoms with Gasteiger partial charge in [-0.1, -0.05) is 19.1 Å². The van der Waals surface area contributed by atoms with Crippen molar-refractivity contribution < 1.29 is 19.1 Å². The number of aromatic nitrogens is 1. The summed E-state index contributed by atoms with van der Waals surface area (Å²) in [6.45, 7) is 1.91. The van der Waals surface area contributed by atoms with Crippen molar-refractivity contribution >= 4 is 17.3 Å². The summed E-state index contributed by atoms with van der Waals surface area (Å²) >= 11 is 0. The van der Waals surface area contributed by atoms with Gasteiger partial charge in [-0.15, -0.1) is 0 Å². The Balaban J connectivity index is 2.09. The largest absolute Gasteiger partial charge is 0.496 e. The van der Waals surface area contributed by atoms with Crippen LogP contribution in [0, 0.1) is 17.4 Å². The van der Waals surface area contributed by atoms with Crippen molar-refractivity contribution in [3.05, 3.63) is 51.8 Å². The molecule has 25 heavy (non-hydrogen) atoms.